The van der Waals surface area contributed by atoms with Crippen LogP contribution < -0.4 is 0 Å². The molecule has 2 aromatic rings. The van der Waals surface area contributed by atoms with Gasteiger partial charge in [0.15, 0.2) is 5.82 Å². The first kappa shape index (κ1) is 13.0. The van der Waals surface area contributed by atoms with Crippen LogP contribution in [0.5, 0.6) is 0 Å². The fraction of sp³-hybridized carbons (Fsp3) is 0.286. The second kappa shape index (κ2) is 5.94. The van der Waals surface area contributed by atoms with E-state index in [1.54, 1.807) is 13.2 Å². The Morgan fingerprint density at radius 1 is 1.22 bits per heavy atom. The Morgan fingerprint density at radius 2 is 2.06 bits per heavy atom. The average molecular weight is 263 g/mol. The van der Waals surface area contributed by atoms with Crippen molar-refractivity contribution in [1.82, 2.24) is 9.97 Å². The number of hydrogen-bond acceptors (Lipinski definition) is 3. The van der Waals surface area contributed by atoms with Gasteiger partial charge < -0.3 is 4.74 Å². The third-order valence-electron chi connectivity index (χ3n) is 2.65. The highest BCUT2D eigenvalue weighted by atomic mass is 35.5. The van der Waals surface area contributed by atoms with Gasteiger partial charge in [-0.05, 0) is 18.1 Å². The maximum absolute atomic E-state index is 6.00. The number of aromatic nitrogens is 2. The molecule has 0 fully saturated rings. The van der Waals surface area contributed by atoms with E-state index >= 15 is 0 Å². The number of benzene rings is 1. The molecule has 0 aliphatic carbocycles. The molecule has 0 bridgehead atoms. The predicted octanol–water partition coefficient (Wildman–Crippen LogP) is 3.51. The molecular weight excluding hydrogens is 248 g/mol. The van der Waals surface area contributed by atoms with Gasteiger partial charge in [0.2, 0.25) is 0 Å². The fourth-order valence-electron chi connectivity index (χ4n) is 1.76. The highest BCUT2D eigenvalue weighted by Gasteiger charge is 2.06. The second-order valence-electron chi connectivity index (χ2n) is 3.98. The molecule has 18 heavy (non-hydrogen) atoms. The van der Waals surface area contributed by atoms with Gasteiger partial charge in [-0.3, -0.25) is 0 Å². The molecule has 0 N–H and O–H groups in total. The molecule has 1 heterocycles. The van der Waals surface area contributed by atoms with Crippen molar-refractivity contribution in [3.63, 3.8) is 0 Å². The van der Waals surface area contributed by atoms with Crippen LogP contribution in [0.1, 0.15) is 18.3 Å². The molecule has 0 radical (unpaired) electrons. The van der Waals surface area contributed by atoms with Crippen molar-refractivity contribution in [3.05, 3.63) is 46.9 Å². The van der Waals surface area contributed by atoms with E-state index < -0.39 is 0 Å². The number of nitrogens with zero attached hydrogens (tertiary/aromatic N) is 2. The first-order valence-corrected chi connectivity index (χ1v) is 6.22. The summed E-state index contributed by atoms with van der Waals surface area (Å²) in [6, 6.07) is 10.0. The van der Waals surface area contributed by atoms with Gasteiger partial charge in [-0.2, -0.15) is 0 Å². The van der Waals surface area contributed by atoms with Crippen molar-refractivity contribution >= 4 is 11.6 Å². The topological polar surface area (TPSA) is 35.0 Å². The molecule has 0 aliphatic rings. The van der Waals surface area contributed by atoms with Crippen LogP contribution in [0, 0.1) is 0 Å². The summed E-state index contributed by atoms with van der Waals surface area (Å²) in [5.41, 5.74) is 3.16. The number of methoxy groups -OCH3 is 1. The molecule has 0 spiro atoms. The summed E-state index contributed by atoms with van der Waals surface area (Å²) in [6.45, 7) is 2.49. The third-order valence-corrected chi connectivity index (χ3v) is 2.84. The van der Waals surface area contributed by atoms with E-state index in [4.69, 9.17) is 16.3 Å². The first-order chi connectivity index (χ1) is 8.72. The molecule has 0 unspecified atom stereocenters. The van der Waals surface area contributed by atoms with Crippen molar-refractivity contribution in [1.29, 1.82) is 0 Å². The van der Waals surface area contributed by atoms with Crippen molar-refractivity contribution in [2.24, 2.45) is 0 Å². The first-order valence-electron chi connectivity index (χ1n) is 5.84. The average Bonchev–Trinajstić information content (AvgIpc) is 2.38. The Bertz CT molecular complexity index is 543. The minimum atomic E-state index is 0.362. The lowest BCUT2D eigenvalue weighted by atomic mass is 10.1. The smallest absolute Gasteiger partial charge is 0.156 e. The van der Waals surface area contributed by atoms with E-state index in [0.29, 0.717) is 17.6 Å². The number of hydrogen-bond donors (Lipinski definition) is 0. The lowest BCUT2D eigenvalue weighted by Crippen LogP contribution is -1.99. The highest BCUT2D eigenvalue weighted by Crippen LogP contribution is 2.21. The molecule has 1 aromatic heterocycles. The van der Waals surface area contributed by atoms with E-state index in [9.17, 15) is 0 Å². The zero-order valence-electron chi connectivity index (χ0n) is 10.5. The largest absolute Gasteiger partial charge is 0.377 e. The van der Waals surface area contributed by atoms with Crippen molar-refractivity contribution in [3.8, 4) is 11.3 Å². The summed E-state index contributed by atoms with van der Waals surface area (Å²) >= 11 is 6.00. The van der Waals surface area contributed by atoms with Gasteiger partial charge in [-0.15, -0.1) is 0 Å². The Hall–Kier alpha value is -1.45. The maximum atomic E-state index is 6.00. The van der Waals surface area contributed by atoms with Crippen molar-refractivity contribution in [2.45, 2.75) is 20.0 Å². The Kier molecular flexibility index (Phi) is 4.28. The van der Waals surface area contributed by atoms with Crippen molar-refractivity contribution < 1.29 is 4.74 Å². The van der Waals surface area contributed by atoms with Crippen LogP contribution in [0.15, 0.2) is 30.3 Å². The summed E-state index contributed by atoms with van der Waals surface area (Å²) in [4.78, 5) is 8.57. The maximum Gasteiger partial charge on any atom is 0.156 e. The van der Waals surface area contributed by atoms with E-state index in [2.05, 4.69) is 29.0 Å². The van der Waals surface area contributed by atoms with Crippen LogP contribution in [-0.4, -0.2) is 17.1 Å². The molecule has 3 nitrogen and oxygen atoms in total. The molecule has 94 valence electrons. The molecule has 0 amide bonds. The van der Waals surface area contributed by atoms with Gasteiger partial charge >= 0.3 is 0 Å². The predicted molar refractivity (Wildman–Crippen MR) is 72.6 cm³/mol. The normalized spacial score (nSPS) is 10.6. The van der Waals surface area contributed by atoms with E-state index in [0.717, 1.165) is 17.7 Å². The lowest BCUT2D eigenvalue weighted by Gasteiger charge is -2.06. The molecule has 0 aliphatic heterocycles. The van der Waals surface area contributed by atoms with E-state index in [-0.39, 0.29) is 0 Å². The Labute approximate surface area is 112 Å². The lowest BCUT2D eigenvalue weighted by molar-refractivity contribution is 0.178. The molecular formula is C14H15ClN2O. The quantitative estimate of drug-likeness (QED) is 0.791. The molecule has 1 aromatic carbocycles. The SMILES string of the molecule is CCc1cccc(-c2cc(Cl)nc(COC)n2)c1. The summed E-state index contributed by atoms with van der Waals surface area (Å²) in [7, 11) is 1.61. The molecule has 0 atom stereocenters. The van der Waals surface area contributed by atoms with E-state index in [1.165, 1.54) is 5.56 Å². The summed E-state index contributed by atoms with van der Waals surface area (Å²) in [6.07, 6.45) is 0.998. The van der Waals surface area contributed by atoms with Crippen LogP contribution in [0.25, 0.3) is 11.3 Å². The Balaban J connectivity index is 2.42. The van der Waals surface area contributed by atoms with Crippen LogP contribution in [0.2, 0.25) is 5.15 Å². The van der Waals surface area contributed by atoms with Crippen LogP contribution in [0.4, 0.5) is 0 Å². The standard InChI is InChI=1S/C14H15ClN2O/c1-3-10-5-4-6-11(7-10)12-8-13(15)17-14(16-12)9-18-2/h4-8H,3,9H2,1-2H3. The number of ether oxygens (including phenoxy) is 1. The zero-order valence-corrected chi connectivity index (χ0v) is 11.2. The fourth-order valence-corrected chi connectivity index (χ4v) is 1.96. The number of aryl methyl sites for hydroxylation is 1. The van der Waals surface area contributed by atoms with Gasteiger partial charge in [0.05, 0.1) is 5.69 Å². The summed E-state index contributed by atoms with van der Waals surface area (Å²) in [5, 5.41) is 0.439. The third kappa shape index (κ3) is 3.06. The molecule has 0 saturated carbocycles. The van der Waals surface area contributed by atoms with Gasteiger partial charge in [-0.1, -0.05) is 36.7 Å². The molecule has 0 saturated heterocycles. The summed E-state index contributed by atoms with van der Waals surface area (Å²) < 4.78 is 5.04. The Morgan fingerprint density at radius 3 is 2.78 bits per heavy atom. The van der Waals surface area contributed by atoms with Crippen molar-refractivity contribution in [2.75, 3.05) is 7.11 Å². The molecule has 4 heteroatoms. The zero-order chi connectivity index (χ0) is 13.0. The van der Waals surface area contributed by atoms with Gasteiger partial charge in [0.25, 0.3) is 0 Å². The number of rotatable bonds is 4. The molecule has 2 rings (SSSR count). The second-order valence-corrected chi connectivity index (χ2v) is 4.37. The van der Waals surface area contributed by atoms with Gasteiger partial charge in [0.1, 0.15) is 11.8 Å². The van der Waals surface area contributed by atoms with Crippen LogP contribution in [-0.2, 0) is 17.8 Å². The highest BCUT2D eigenvalue weighted by molar-refractivity contribution is 6.29. The van der Waals surface area contributed by atoms with Crippen LogP contribution in [0.3, 0.4) is 0 Å². The summed E-state index contributed by atoms with van der Waals surface area (Å²) in [5.74, 6) is 0.599. The van der Waals surface area contributed by atoms with Crippen LogP contribution >= 0.6 is 11.6 Å². The van der Waals surface area contributed by atoms with Gasteiger partial charge in [-0.25, -0.2) is 9.97 Å². The van der Waals surface area contributed by atoms with E-state index in [1.807, 2.05) is 12.1 Å². The minimum absolute atomic E-state index is 0.362. The van der Waals surface area contributed by atoms with Gasteiger partial charge in [0, 0.05) is 18.7 Å². The monoisotopic (exact) mass is 262 g/mol. The number of halogens is 1. The minimum Gasteiger partial charge on any atom is -0.377 e.